The molecule has 0 bridgehead atoms. The van der Waals surface area contributed by atoms with Crippen molar-refractivity contribution in [3.05, 3.63) is 35.6 Å². The van der Waals surface area contributed by atoms with Crippen molar-refractivity contribution in [2.45, 2.75) is 32.4 Å². The molecule has 0 spiro atoms. The molecule has 21 heavy (non-hydrogen) atoms. The first-order valence-corrected chi connectivity index (χ1v) is 7.07. The van der Waals surface area contributed by atoms with Gasteiger partial charge in [0.1, 0.15) is 5.82 Å². The third-order valence-electron chi connectivity index (χ3n) is 3.32. The van der Waals surface area contributed by atoms with Gasteiger partial charge in [-0.1, -0.05) is 0 Å². The molecule has 1 aromatic rings. The Kier molecular flexibility index (Phi) is 4.77. The number of rotatable bonds is 3. The summed E-state index contributed by atoms with van der Waals surface area (Å²) >= 11 is 0. The fraction of sp³-hybridized carbons (Fsp3) is 0.467. The molecule has 1 atom stereocenters. The Morgan fingerprint density at radius 3 is 2.57 bits per heavy atom. The number of nitrogens with one attached hydrogen (secondary N) is 2. The molecule has 5 nitrogen and oxygen atoms in total. The van der Waals surface area contributed by atoms with E-state index < -0.39 is 0 Å². The van der Waals surface area contributed by atoms with Gasteiger partial charge < -0.3 is 15.5 Å². The monoisotopic (exact) mass is 293 g/mol. The van der Waals surface area contributed by atoms with Crippen molar-refractivity contribution in [1.29, 1.82) is 0 Å². The molecular weight excluding hydrogens is 273 g/mol. The quantitative estimate of drug-likeness (QED) is 0.892. The highest BCUT2D eigenvalue weighted by Gasteiger charge is 2.27. The number of benzene rings is 1. The summed E-state index contributed by atoms with van der Waals surface area (Å²) < 4.78 is 12.9. The van der Waals surface area contributed by atoms with Crippen molar-refractivity contribution in [2.75, 3.05) is 13.1 Å². The highest BCUT2D eigenvalue weighted by molar-refractivity contribution is 5.94. The molecule has 3 amide bonds. The van der Waals surface area contributed by atoms with E-state index in [1.807, 2.05) is 13.8 Å². The lowest BCUT2D eigenvalue weighted by Gasteiger charge is -2.18. The van der Waals surface area contributed by atoms with Crippen molar-refractivity contribution in [3.8, 4) is 0 Å². The molecule has 1 unspecified atom stereocenters. The predicted octanol–water partition coefficient (Wildman–Crippen LogP) is 1.75. The first-order chi connectivity index (χ1) is 9.95. The molecule has 1 aromatic carbocycles. The predicted molar refractivity (Wildman–Crippen MR) is 77.5 cm³/mol. The van der Waals surface area contributed by atoms with Crippen LogP contribution >= 0.6 is 0 Å². The lowest BCUT2D eigenvalue weighted by Crippen LogP contribution is -2.45. The molecule has 0 saturated carbocycles. The number of hydrogen-bond acceptors (Lipinski definition) is 2. The Hall–Kier alpha value is -2.11. The largest absolute Gasteiger partial charge is 0.337 e. The molecule has 1 fully saturated rings. The summed E-state index contributed by atoms with van der Waals surface area (Å²) in [5, 5.41) is 5.61. The number of halogens is 1. The van der Waals surface area contributed by atoms with Crippen molar-refractivity contribution < 1.29 is 14.0 Å². The Labute approximate surface area is 123 Å². The second-order valence-electron chi connectivity index (χ2n) is 5.52. The summed E-state index contributed by atoms with van der Waals surface area (Å²) in [5.74, 6) is -0.499. The normalized spacial score (nSPS) is 17.9. The highest BCUT2D eigenvalue weighted by Crippen LogP contribution is 2.14. The Morgan fingerprint density at radius 2 is 1.95 bits per heavy atom. The third-order valence-corrected chi connectivity index (χ3v) is 3.32. The average Bonchev–Trinajstić information content (AvgIpc) is 2.86. The summed E-state index contributed by atoms with van der Waals surface area (Å²) in [7, 11) is 0. The van der Waals surface area contributed by atoms with Crippen LogP contribution in [0.5, 0.6) is 0 Å². The summed E-state index contributed by atoms with van der Waals surface area (Å²) in [5.41, 5.74) is 0.462. The van der Waals surface area contributed by atoms with Gasteiger partial charge in [0, 0.05) is 30.7 Å². The summed E-state index contributed by atoms with van der Waals surface area (Å²) in [6, 6.07) is 5.31. The molecule has 1 saturated heterocycles. The van der Waals surface area contributed by atoms with Crippen molar-refractivity contribution in [2.24, 2.45) is 0 Å². The molecule has 0 radical (unpaired) electrons. The first kappa shape index (κ1) is 15.3. The second kappa shape index (κ2) is 6.56. The van der Waals surface area contributed by atoms with Crippen molar-refractivity contribution >= 4 is 11.9 Å². The lowest BCUT2D eigenvalue weighted by atomic mass is 10.2. The molecule has 1 heterocycles. The second-order valence-corrected chi connectivity index (χ2v) is 5.52. The molecular formula is C15H20FN3O2. The van der Waals surface area contributed by atoms with Crippen LogP contribution in [0.15, 0.2) is 24.3 Å². The minimum atomic E-state index is -0.363. The smallest absolute Gasteiger partial charge is 0.315 e. The number of amides is 3. The van der Waals surface area contributed by atoms with Gasteiger partial charge in [-0.05, 0) is 44.5 Å². The Balaban J connectivity index is 1.88. The van der Waals surface area contributed by atoms with Gasteiger partial charge in [-0.3, -0.25) is 4.79 Å². The molecule has 0 aromatic heterocycles. The van der Waals surface area contributed by atoms with Gasteiger partial charge in [0.15, 0.2) is 0 Å². The fourth-order valence-corrected chi connectivity index (χ4v) is 2.33. The first-order valence-electron chi connectivity index (χ1n) is 7.07. The molecule has 2 N–H and O–H groups in total. The van der Waals surface area contributed by atoms with Crippen LogP contribution in [0.2, 0.25) is 0 Å². The number of carbonyl (C=O) groups is 2. The van der Waals surface area contributed by atoms with E-state index >= 15 is 0 Å². The van der Waals surface area contributed by atoms with Crippen molar-refractivity contribution in [1.82, 2.24) is 15.5 Å². The number of nitrogens with zero attached hydrogens (tertiary/aromatic N) is 1. The van der Waals surface area contributed by atoms with Crippen LogP contribution in [-0.2, 0) is 0 Å². The molecule has 114 valence electrons. The number of hydrogen-bond donors (Lipinski definition) is 2. The van der Waals surface area contributed by atoms with Gasteiger partial charge in [-0.15, -0.1) is 0 Å². The van der Waals surface area contributed by atoms with Gasteiger partial charge in [0.25, 0.3) is 5.91 Å². The number of carbonyl (C=O) groups excluding carboxylic acids is 2. The van der Waals surface area contributed by atoms with Crippen LogP contribution < -0.4 is 10.6 Å². The summed E-state index contributed by atoms with van der Waals surface area (Å²) in [4.78, 5) is 25.5. The van der Waals surface area contributed by atoms with Crippen LogP contribution in [0.3, 0.4) is 0 Å². The van der Waals surface area contributed by atoms with E-state index in [1.54, 1.807) is 4.90 Å². The van der Waals surface area contributed by atoms with Crippen LogP contribution in [0.1, 0.15) is 30.6 Å². The zero-order valence-corrected chi connectivity index (χ0v) is 12.2. The zero-order chi connectivity index (χ0) is 15.4. The lowest BCUT2D eigenvalue weighted by molar-refractivity contribution is 0.0789. The van der Waals surface area contributed by atoms with E-state index in [1.165, 1.54) is 24.3 Å². The summed E-state index contributed by atoms with van der Waals surface area (Å²) in [6.45, 7) is 4.84. The van der Waals surface area contributed by atoms with Crippen LogP contribution in [0.25, 0.3) is 0 Å². The van der Waals surface area contributed by atoms with Gasteiger partial charge in [0.2, 0.25) is 0 Å². The number of likely N-dealkylation sites (tertiary alicyclic amines) is 1. The van der Waals surface area contributed by atoms with E-state index in [-0.39, 0.29) is 29.8 Å². The molecule has 6 heteroatoms. The molecule has 0 aliphatic carbocycles. The topological polar surface area (TPSA) is 61.4 Å². The maximum absolute atomic E-state index is 12.9. The van der Waals surface area contributed by atoms with Crippen molar-refractivity contribution in [3.63, 3.8) is 0 Å². The number of urea groups is 1. The van der Waals surface area contributed by atoms with Crippen LogP contribution in [0.4, 0.5) is 9.18 Å². The third kappa shape index (κ3) is 4.18. The van der Waals surface area contributed by atoms with Gasteiger partial charge in [0.05, 0.1) is 0 Å². The highest BCUT2D eigenvalue weighted by atomic mass is 19.1. The maximum Gasteiger partial charge on any atom is 0.315 e. The van der Waals surface area contributed by atoms with E-state index in [2.05, 4.69) is 10.6 Å². The van der Waals surface area contributed by atoms with Gasteiger partial charge >= 0.3 is 6.03 Å². The van der Waals surface area contributed by atoms with E-state index in [0.717, 1.165) is 6.42 Å². The summed E-state index contributed by atoms with van der Waals surface area (Å²) in [6.07, 6.45) is 0.721. The Bertz CT molecular complexity index is 516. The maximum atomic E-state index is 12.9. The molecule has 1 aliphatic rings. The molecule has 2 rings (SSSR count). The van der Waals surface area contributed by atoms with Crippen LogP contribution in [-0.4, -0.2) is 42.0 Å². The minimum Gasteiger partial charge on any atom is -0.337 e. The van der Waals surface area contributed by atoms with E-state index in [9.17, 15) is 14.0 Å². The fourth-order valence-electron chi connectivity index (χ4n) is 2.33. The van der Waals surface area contributed by atoms with E-state index in [4.69, 9.17) is 0 Å². The Morgan fingerprint density at radius 1 is 1.29 bits per heavy atom. The SMILES string of the molecule is CC(C)NC(=O)NC1CCN(C(=O)c2ccc(F)cc2)C1. The van der Waals surface area contributed by atoms with Crippen LogP contribution in [0, 0.1) is 5.82 Å². The molecule has 1 aliphatic heterocycles. The van der Waals surface area contributed by atoms with Gasteiger partial charge in [-0.25, -0.2) is 9.18 Å². The standard InChI is InChI=1S/C15H20FN3O2/c1-10(2)17-15(21)18-13-7-8-19(9-13)14(20)11-3-5-12(16)6-4-11/h3-6,10,13H,7-9H2,1-2H3,(H2,17,18,21). The average molecular weight is 293 g/mol. The minimum absolute atomic E-state index is 0.0480. The zero-order valence-electron chi connectivity index (χ0n) is 12.2. The van der Waals surface area contributed by atoms with E-state index in [0.29, 0.717) is 18.7 Å². The van der Waals surface area contributed by atoms with Gasteiger partial charge in [-0.2, -0.15) is 0 Å².